The van der Waals surface area contributed by atoms with E-state index < -0.39 is 0 Å². The summed E-state index contributed by atoms with van der Waals surface area (Å²) in [5.41, 5.74) is 10.8. The number of rotatable bonds is 4. The predicted molar refractivity (Wildman–Crippen MR) is 126 cm³/mol. The van der Waals surface area contributed by atoms with Crippen LogP contribution in [-0.2, 0) is 6.42 Å². The average Bonchev–Trinajstić information content (AvgIpc) is 2.71. The van der Waals surface area contributed by atoms with Crippen LogP contribution in [0.2, 0.25) is 0 Å². The molecule has 3 nitrogen and oxygen atoms in total. The summed E-state index contributed by atoms with van der Waals surface area (Å²) in [7, 11) is 12.6. The Labute approximate surface area is 175 Å². The Kier molecular flexibility index (Phi) is 4.99. The molecule has 4 rings (SSSR count). The molecule has 0 N–H and O–H groups in total. The molecular weight excluding hydrogens is 354 g/mol. The third-order valence-corrected chi connectivity index (χ3v) is 6.03. The first-order valence-electron chi connectivity index (χ1n) is 10.2. The molecule has 0 aliphatic heterocycles. The highest BCUT2D eigenvalue weighted by Crippen LogP contribution is 2.43. The lowest BCUT2D eigenvalue weighted by Gasteiger charge is -2.31. The molecule has 1 aliphatic carbocycles. The van der Waals surface area contributed by atoms with Crippen LogP contribution >= 0.6 is 0 Å². The first-order valence-corrected chi connectivity index (χ1v) is 10.2. The SMILES string of the molecule is CN(C)c1ccc(C2c3ccc(N(C)C)cc3Cc3cc(N(C)C)ccc32)cc1. The van der Waals surface area contributed by atoms with Crippen LogP contribution in [-0.4, -0.2) is 42.3 Å². The zero-order chi connectivity index (χ0) is 20.7. The molecule has 1 aliphatic rings. The van der Waals surface area contributed by atoms with Gasteiger partial charge in [0.25, 0.3) is 0 Å². The molecule has 0 fully saturated rings. The van der Waals surface area contributed by atoms with Gasteiger partial charge in [-0.2, -0.15) is 0 Å². The van der Waals surface area contributed by atoms with Crippen LogP contribution in [0.5, 0.6) is 0 Å². The van der Waals surface area contributed by atoms with Crippen LogP contribution in [0, 0.1) is 0 Å². The molecule has 0 heterocycles. The average molecular weight is 386 g/mol. The molecule has 0 amide bonds. The van der Waals surface area contributed by atoms with E-state index in [9.17, 15) is 0 Å². The molecule has 0 bridgehead atoms. The summed E-state index contributed by atoms with van der Waals surface area (Å²) in [6, 6.07) is 22.9. The van der Waals surface area contributed by atoms with E-state index >= 15 is 0 Å². The Bertz CT molecular complexity index is 959. The standard InChI is InChI=1S/C26H31N3/c1-27(2)21-9-7-18(8-10-21)26-24-13-11-22(28(3)4)16-19(24)15-20-17-23(29(5)6)12-14-25(20)26/h7-14,16-17,26H,15H2,1-6H3. The van der Waals surface area contributed by atoms with Crippen LogP contribution < -0.4 is 14.7 Å². The van der Waals surface area contributed by atoms with Crippen molar-refractivity contribution in [1.29, 1.82) is 0 Å². The van der Waals surface area contributed by atoms with Gasteiger partial charge in [-0.05, 0) is 70.6 Å². The fourth-order valence-corrected chi connectivity index (χ4v) is 4.31. The molecule has 29 heavy (non-hydrogen) atoms. The molecule has 0 atom stereocenters. The van der Waals surface area contributed by atoms with Crippen molar-refractivity contribution < 1.29 is 0 Å². The summed E-state index contributed by atoms with van der Waals surface area (Å²) in [6.07, 6.45) is 0.986. The molecule has 3 aromatic carbocycles. The van der Waals surface area contributed by atoms with Crippen molar-refractivity contribution in [1.82, 2.24) is 0 Å². The highest BCUT2D eigenvalue weighted by Gasteiger charge is 2.27. The second kappa shape index (κ2) is 7.47. The van der Waals surface area contributed by atoms with Crippen molar-refractivity contribution >= 4 is 17.1 Å². The van der Waals surface area contributed by atoms with Crippen LogP contribution in [0.15, 0.2) is 60.7 Å². The van der Waals surface area contributed by atoms with Gasteiger partial charge >= 0.3 is 0 Å². The summed E-state index contributed by atoms with van der Waals surface area (Å²) in [5.74, 6) is 0.275. The van der Waals surface area contributed by atoms with Crippen molar-refractivity contribution in [2.24, 2.45) is 0 Å². The number of anilines is 3. The number of nitrogens with zero attached hydrogens (tertiary/aromatic N) is 3. The first kappa shape index (κ1) is 19.4. The molecule has 0 unspecified atom stereocenters. The van der Waals surface area contributed by atoms with E-state index in [-0.39, 0.29) is 5.92 Å². The van der Waals surface area contributed by atoms with E-state index in [4.69, 9.17) is 0 Å². The minimum atomic E-state index is 0.275. The maximum atomic E-state index is 2.36. The van der Waals surface area contributed by atoms with E-state index in [0.29, 0.717) is 0 Å². The van der Waals surface area contributed by atoms with E-state index in [1.54, 1.807) is 0 Å². The summed E-state index contributed by atoms with van der Waals surface area (Å²) in [6.45, 7) is 0. The van der Waals surface area contributed by atoms with Crippen LogP contribution in [0.3, 0.4) is 0 Å². The van der Waals surface area contributed by atoms with Gasteiger partial charge in [-0.25, -0.2) is 0 Å². The van der Waals surface area contributed by atoms with Gasteiger partial charge in [0.1, 0.15) is 0 Å². The summed E-state index contributed by atoms with van der Waals surface area (Å²) >= 11 is 0. The maximum absolute atomic E-state index is 2.36. The van der Waals surface area contributed by atoms with Gasteiger partial charge in [0.2, 0.25) is 0 Å². The second-order valence-electron chi connectivity index (χ2n) is 8.65. The molecule has 3 heteroatoms. The molecule has 0 radical (unpaired) electrons. The van der Waals surface area contributed by atoms with Gasteiger partial charge in [0.15, 0.2) is 0 Å². The fraction of sp³-hybridized carbons (Fsp3) is 0.308. The van der Waals surface area contributed by atoms with Gasteiger partial charge in [0.05, 0.1) is 0 Å². The second-order valence-corrected chi connectivity index (χ2v) is 8.65. The molecular formula is C26H31N3. The van der Waals surface area contributed by atoms with Gasteiger partial charge < -0.3 is 14.7 Å². The molecule has 0 aromatic heterocycles. The molecule has 150 valence electrons. The van der Waals surface area contributed by atoms with Crippen LogP contribution in [0.4, 0.5) is 17.1 Å². The summed E-state index contributed by atoms with van der Waals surface area (Å²) in [5, 5.41) is 0. The quantitative estimate of drug-likeness (QED) is 0.491. The fourth-order valence-electron chi connectivity index (χ4n) is 4.31. The Morgan fingerprint density at radius 2 is 0.966 bits per heavy atom. The Balaban J connectivity index is 1.87. The minimum Gasteiger partial charge on any atom is -0.378 e. The van der Waals surface area contributed by atoms with Crippen molar-refractivity contribution in [3.05, 3.63) is 88.5 Å². The third kappa shape index (κ3) is 3.57. The van der Waals surface area contributed by atoms with E-state index in [0.717, 1.165) is 6.42 Å². The normalized spacial score (nSPS) is 12.9. The van der Waals surface area contributed by atoms with E-state index in [2.05, 4.69) is 118 Å². The number of hydrogen-bond acceptors (Lipinski definition) is 3. The largest absolute Gasteiger partial charge is 0.378 e. The number of benzene rings is 3. The Morgan fingerprint density at radius 1 is 0.552 bits per heavy atom. The van der Waals surface area contributed by atoms with E-state index in [1.165, 1.54) is 44.9 Å². The lowest BCUT2D eigenvalue weighted by molar-refractivity contribution is 0.881. The predicted octanol–water partition coefficient (Wildman–Crippen LogP) is 4.97. The molecule has 0 saturated heterocycles. The van der Waals surface area contributed by atoms with Crippen molar-refractivity contribution in [2.45, 2.75) is 12.3 Å². The van der Waals surface area contributed by atoms with Gasteiger partial charge in [-0.15, -0.1) is 0 Å². The van der Waals surface area contributed by atoms with Crippen LogP contribution in [0.25, 0.3) is 0 Å². The number of fused-ring (bicyclic) bond motifs is 2. The van der Waals surface area contributed by atoms with Crippen molar-refractivity contribution in [3.63, 3.8) is 0 Å². The highest BCUT2D eigenvalue weighted by atomic mass is 15.1. The monoisotopic (exact) mass is 385 g/mol. The molecule has 0 saturated carbocycles. The zero-order valence-corrected chi connectivity index (χ0v) is 18.4. The first-order chi connectivity index (χ1) is 13.8. The molecule has 3 aromatic rings. The third-order valence-electron chi connectivity index (χ3n) is 6.03. The highest BCUT2D eigenvalue weighted by molar-refractivity contribution is 5.63. The molecule has 0 spiro atoms. The Morgan fingerprint density at radius 3 is 1.38 bits per heavy atom. The number of hydrogen-bond donors (Lipinski definition) is 0. The lowest BCUT2D eigenvalue weighted by atomic mass is 9.74. The lowest BCUT2D eigenvalue weighted by Crippen LogP contribution is -2.18. The van der Waals surface area contributed by atoms with E-state index in [1.807, 2.05) is 0 Å². The smallest absolute Gasteiger partial charge is 0.0364 e. The van der Waals surface area contributed by atoms with Crippen molar-refractivity contribution in [3.8, 4) is 0 Å². The maximum Gasteiger partial charge on any atom is 0.0364 e. The van der Waals surface area contributed by atoms with Crippen LogP contribution in [0.1, 0.15) is 33.7 Å². The van der Waals surface area contributed by atoms with Gasteiger partial charge in [-0.3, -0.25) is 0 Å². The topological polar surface area (TPSA) is 9.72 Å². The Hall–Kier alpha value is -2.94. The van der Waals surface area contributed by atoms with Gasteiger partial charge in [0, 0.05) is 65.3 Å². The van der Waals surface area contributed by atoms with Crippen molar-refractivity contribution in [2.75, 3.05) is 57.0 Å². The van der Waals surface area contributed by atoms with Gasteiger partial charge in [-0.1, -0.05) is 24.3 Å². The summed E-state index contributed by atoms with van der Waals surface area (Å²) < 4.78 is 0. The summed E-state index contributed by atoms with van der Waals surface area (Å²) in [4.78, 5) is 6.53. The zero-order valence-electron chi connectivity index (χ0n) is 18.4. The minimum absolute atomic E-state index is 0.275.